The first kappa shape index (κ1) is 19.1. The third kappa shape index (κ3) is 2.85. The van der Waals surface area contributed by atoms with Gasteiger partial charge in [0.15, 0.2) is 0 Å². The van der Waals surface area contributed by atoms with Crippen LogP contribution in [0.25, 0.3) is 17.1 Å². The van der Waals surface area contributed by atoms with E-state index in [-0.39, 0.29) is 23.5 Å². The number of aliphatic carboxylic acids is 1. The number of carboxylic acid groups (broad SMARTS) is 1. The van der Waals surface area contributed by atoms with Gasteiger partial charge >= 0.3 is 5.97 Å². The van der Waals surface area contributed by atoms with Gasteiger partial charge in [-0.1, -0.05) is 12.1 Å². The van der Waals surface area contributed by atoms with Crippen LogP contribution in [0.3, 0.4) is 0 Å². The standard InChI is InChI=1S/C20H17N5O5/c1-9-10(2)24(8-15(27)28)18(22-9)11-4-3-5-12(6-11)25-14(26)7-13-16(17(25)21)20(30)23-19(13)29/h3-7H,8,21H2,1-2H3,(H,27,28)(H,23,29,30). The number of nitrogen functional groups attached to an aromatic ring is 1. The largest absolute Gasteiger partial charge is 0.480 e. The summed E-state index contributed by atoms with van der Waals surface area (Å²) in [5, 5.41) is 11.4. The average Bonchev–Trinajstić information content (AvgIpc) is 3.11. The van der Waals surface area contributed by atoms with Gasteiger partial charge < -0.3 is 15.4 Å². The van der Waals surface area contributed by atoms with Crippen molar-refractivity contribution < 1.29 is 19.5 Å². The molecule has 10 nitrogen and oxygen atoms in total. The number of nitrogens with zero attached hydrogens (tertiary/aromatic N) is 3. The summed E-state index contributed by atoms with van der Waals surface area (Å²) in [4.78, 5) is 52.3. The van der Waals surface area contributed by atoms with E-state index in [1.165, 1.54) is 0 Å². The van der Waals surface area contributed by atoms with Gasteiger partial charge in [-0.2, -0.15) is 0 Å². The molecule has 0 atom stereocenters. The number of carbonyl (C=O) groups excluding carboxylic acids is 2. The summed E-state index contributed by atoms with van der Waals surface area (Å²) in [5.41, 5.74) is 7.71. The molecule has 0 aliphatic carbocycles. The number of hydrogen-bond donors (Lipinski definition) is 3. The summed E-state index contributed by atoms with van der Waals surface area (Å²) in [6.07, 6.45) is 0. The third-order valence-corrected chi connectivity index (χ3v) is 5.07. The number of imidazole rings is 1. The topological polar surface area (TPSA) is 149 Å². The lowest BCUT2D eigenvalue weighted by atomic mass is 10.1. The molecule has 0 radical (unpaired) electrons. The number of carboxylic acids is 1. The molecule has 1 aliphatic heterocycles. The van der Waals surface area contributed by atoms with E-state index in [1.54, 1.807) is 42.7 Å². The van der Waals surface area contributed by atoms with Crippen molar-refractivity contribution in [3.8, 4) is 17.1 Å². The minimum Gasteiger partial charge on any atom is -0.480 e. The van der Waals surface area contributed by atoms with Crippen LogP contribution < -0.4 is 16.6 Å². The monoisotopic (exact) mass is 407 g/mol. The predicted molar refractivity (Wildman–Crippen MR) is 107 cm³/mol. The molecule has 4 N–H and O–H groups in total. The van der Waals surface area contributed by atoms with Gasteiger partial charge in [0.05, 0.1) is 22.5 Å². The average molecular weight is 407 g/mol. The second-order valence-electron chi connectivity index (χ2n) is 6.91. The first-order valence-corrected chi connectivity index (χ1v) is 8.96. The highest BCUT2D eigenvalue weighted by Crippen LogP contribution is 2.27. The molecule has 2 amide bonds. The molecule has 0 saturated carbocycles. The first-order valence-electron chi connectivity index (χ1n) is 8.96. The molecule has 3 aromatic rings. The fourth-order valence-corrected chi connectivity index (χ4v) is 3.53. The predicted octanol–water partition coefficient (Wildman–Crippen LogP) is 0.868. The lowest BCUT2D eigenvalue weighted by Gasteiger charge is -2.13. The zero-order valence-electron chi connectivity index (χ0n) is 16.1. The van der Waals surface area contributed by atoms with E-state index in [2.05, 4.69) is 10.3 Å². The number of carbonyl (C=O) groups is 3. The Labute approximate surface area is 169 Å². The minimum atomic E-state index is -1.01. The summed E-state index contributed by atoms with van der Waals surface area (Å²) in [6, 6.07) is 7.70. The number of hydrogen-bond acceptors (Lipinski definition) is 6. The number of fused-ring (bicyclic) bond motifs is 1. The van der Waals surface area contributed by atoms with E-state index in [0.717, 1.165) is 10.6 Å². The maximum Gasteiger partial charge on any atom is 0.323 e. The number of aryl methyl sites for hydroxylation is 1. The van der Waals surface area contributed by atoms with Crippen molar-refractivity contribution in [1.82, 2.24) is 19.4 Å². The van der Waals surface area contributed by atoms with Crippen LogP contribution in [0.5, 0.6) is 0 Å². The third-order valence-electron chi connectivity index (χ3n) is 5.07. The molecule has 0 unspecified atom stereocenters. The van der Waals surface area contributed by atoms with Gasteiger partial charge in [0.2, 0.25) is 0 Å². The van der Waals surface area contributed by atoms with E-state index in [0.29, 0.717) is 28.5 Å². The Morgan fingerprint density at radius 3 is 2.60 bits per heavy atom. The lowest BCUT2D eigenvalue weighted by Crippen LogP contribution is -2.24. The molecule has 0 bridgehead atoms. The van der Waals surface area contributed by atoms with Crippen LogP contribution in [0.1, 0.15) is 32.1 Å². The summed E-state index contributed by atoms with van der Waals surface area (Å²) < 4.78 is 2.70. The smallest absolute Gasteiger partial charge is 0.323 e. The number of pyridine rings is 1. The van der Waals surface area contributed by atoms with Gasteiger partial charge in [-0.25, -0.2) is 4.98 Å². The minimum absolute atomic E-state index is 0.0518. The van der Waals surface area contributed by atoms with Gasteiger partial charge in [-0.15, -0.1) is 0 Å². The summed E-state index contributed by atoms with van der Waals surface area (Å²) in [5.74, 6) is -2.07. The molecule has 4 rings (SSSR count). The Balaban J connectivity index is 1.90. The molecule has 30 heavy (non-hydrogen) atoms. The molecule has 0 spiro atoms. The molecule has 1 aromatic carbocycles. The zero-order chi connectivity index (χ0) is 21.7. The fraction of sp³-hybridized carbons (Fsp3) is 0.150. The number of nitrogens with one attached hydrogen (secondary N) is 1. The van der Waals surface area contributed by atoms with Gasteiger partial charge in [0, 0.05) is 17.3 Å². The summed E-state index contributed by atoms with van der Waals surface area (Å²) >= 11 is 0. The number of aromatic nitrogens is 3. The van der Waals surface area contributed by atoms with Gasteiger partial charge in [0.1, 0.15) is 18.2 Å². The lowest BCUT2D eigenvalue weighted by molar-refractivity contribution is -0.137. The zero-order valence-corrected chi connectivity index (χ0v) is 16.1. The van der Waals surface area contributed by atoms with Crippen LogP contribution in [0.2, 0.25) is 0 Å². The van der Waals surface area contributed by atoms with Crippen molar-refractivity contribution in [2.75, 3.05) is 5.73 Å². The van der Waals surface area contributed by atoms with Gasteiger partial charge in [0.25, 0.3) is 17.4 Å². The van der Waals surface area contributed by atoms with Crippen LogP contribution in [0.15, 0.2) is 35.1 Å². The molecule has 3 heterocycles. The quantitative estimate of drug-likeness (QED) is 0.543. The molecule has 152 valence electrons. The van der Waals surface area contributed by atoms with Crippen LogP contribution in [-0.2, 0) is 11.3 Å². The van der Waals surface area contributed by atoms with Crippen molar-refractivity contribution in [2.24, 2.45) is 0 Å². The number of anilines is 1. The van der Waals surface area contributed by atoms with Crippen molar-refractivity contribution in [3.05, 3.63) is 63.2 Å². The highest BCUT2D eigenvalue weighted by atomic mass is 16.4. The normalized spacial score (nSPS) is 12.7. The molecular formula is C20H17N5O5. The Morgan fingerprint density at radius 2 is 1.90 bits per heavy atom. The molecule has 1 aliphatic rings. The van der Waals surface area contributed by atoms with Crippen LogP contribution in [0, 0.1) is 13.8 Å². The van der Waals surface area contributed by atoms with Gasteiger partial charge in [-0.3, -0.25) is 29.1 Å². The number of benzene rings is 1. The number of imide groups is 1. The summed E-state index contributed by atoms with van der Waals surface area (Å²) in [6.45, 7) is 3.28. The molecule has 0 fully saturated rings. The van der Waals surface area contributed by atoms with E-state index >= 15 is 0 Å². The van der Waals surface area contributed by atoms with Crippen molar-refractivity contribution in [3.63, 3.8) is 0 Å². The highest BCUT2D eigenvalue weighted by molar-refractivity contribution is 6.23. The maximum absolute atomic E-state index is 12.7. The van der Waals surface area contributed by atoms with Crippen molar-refractivity contribution >= 4 is 23.6 Å². The first-order chi connectivity index (χ1) is 14.2. The molecule has 0 saturated heterocycles. The van der Waals surface area contributed by atoms with E-state index in [1.807, 2.05) is 0 Å². The fourth-order valence-electron chi connectivity index (χ4n) is 3.53. The maximum atomic E-state index is 12.7. The number of rotatable bonds is 4. The Morgan fingerprint density at radius 1 is 1.17 bits per heavy atom. The Kier molecular flexibility index (Phi) is 4.27. The van der Waals surface area contributed by atoms with Crippen LogP contribution in [-0.4, -0.2) is 37.0 Å². The van der Waals surface area contributed by atoms with Crippen molar-refractivity contribution in [2.45, 2.75) is 20.4 Å². The van der Waals surface area contributed by atoms with E-state index < -0.39 is 23.3 Å². The highest BCUT2D eigenvalue weighted by Gasteiger charge is 2.32. The molecular weight excluding hydrogens is 390 g/mol. The van der Waals surface area contributed by atoms with Crippen LogP contribution >= 0.6 is 0 Å². The van der Waals surface area contributed by atoms with E-state index in [4.69, 9.17) is 5.73 Å². The van der Waals surface area contributed by atoms with E-state index in [9.17, 15) is 24.3 Å². The molecule has 10 heteroatoms. The van der Waals surface area contributed by atoms with Crippen molar-refractivity contribution in [1.29, 1.82) is 0 Å². The Hall–Kier alpha value is -4.21. The SMILES string of the molecule is Cc1nc(-c2cccc(-n3c(N)c4c(cc3=O)C(=O)NC4=O)c2)n(CC(=O)O)c1C. The Bertz CT molecular complexity index is 1320. The van der Waals surface area contributed by atoms with Gasteiger partial charge in [-0.05, 0) is 26.0 Å². The number of amides is 2. The summed E-state index contributed by atoms with van der Waals surface area (Å²) in [7, 11) is 0. The number of nitrogens with two attached hydrogens (primary N) is 1. The second-order valence-corrected chi connectivity index (χ2v) is 6.91. The second kappa shape index (κ2) is 6.69. The molecule has 2 aromatic heterocycles. The van der Waals surface area contributed by atoms with Crippen LogP contribution in [0.4, 0.5) is 5.82 Å².